The smallest absolute Gasteiger partial charge is 0.475 e. The van der Waals surface area contributed by atoms with Gasteiger partial charge in [-0.05, 0) is 38.0 Å². The Hall–Kier alpha value is -1.97. The number of thiazole rings is 1. The van der Waals surface area contributed by atoms with E-state index in [-0.39, 0.29) is 0 Å². The highest BCUT2D eigenvalue weighted by Crippen LogP contribution is 2.39. The van der Waals surface area contributed by atoms with E-state index in [9.17, 15) is 13.2 Å². The number of thiophene rings is 1. The molecule has 9 heteroatoms. The van der Waals surface area contributed by atoms with Crippen molar-refractivity contribution in [1.82, 2.24) is 9.88 Å². The molecule has 1 aliphatic heterocycles. The Morgan fingerprint density at radius 3 is 2.57 bits per heavy atom. The van der Waals surface area contributed by atoms with Crippen LogP contribution in [0.2, 0.25) is 0 Å². The van der Waals surface area contributed by atoms with Gasteiger partial charge in [0.25, 0.3) is 0 Å². The molecule has 0 unspecified atom stereocenters. The van der Waals surface area contributed by atoms with Gasteiger partial charge in [-0.2, -0.15) is 13.2 Å². The van der Waals surface area contributed by atoms with Gasteiger partial charge in [0.2, 0.25) is 0 Å². The van der Waals surface area contributed by atoms with Crippen molar-refractivity contribution in [1.29, 1.82) is 0 Å². The number of carboxylic acids is 1. The molecule has 0 bridgehead atoms. The summed E-state index contributed by atoms with van der Waals surface area (Å²) in [4.78, 5) is 17.8. The van der Waals surface area contributed by atoms with Crippen LogP contribution in [0.5, 0.6) is 0 Å². The maximum Gasteiger partial charge on any atom is 0.490 e. The first-order valence-corrected chi connectivity index (χ1v) is 10.4. The van der Waals surface area contributed by atoms with Crippen molar-refractivity contribution in [3.8, 4) is 10.6 Å². The fraction of sp³-hybridized carbons (Fsp3) is 0.368. The quantitative estimate of drug-likeness (QED) is 0.592. The number of alkyl halides is 3. The van der Waals surface area contributed by atoms with Crippen molar-refractivity contribution < 1.29 is 23.1 Å². The van der Waals surface area contributed by atoms with E-state index in [1.54, 1.807) is 0 Å². The van der Waals surface area contributed by atoms with Crippen LogP contribution in [-0.4, -0.2) is 39.7 Å². The van der Waals surface area contributed by atoms with Crippen LogP contribution >= 0.6 is 22.7 Å². The van der Waals surface area contributed by atoms with Gasteiger partial charge >= 0.3 is 12.1 Å². The van der Waals surface area contributed by atoms with Crippen LogP contribution in [0, 0.1) is 0 Å². The molecule has 28 heavy (non-hydrogen) atoms. The van der Waals surface area contributed by atoms with Crippen molar-refractivity contribution in [3.05, 3.63) is 40.1 Å². The lowest BCUT2D eigenvalue weighted by Crippen LogP contribution is -2.35. The molecule has 3 aromatic rings. The molecule has 0 amide bonds. The fourth-order valence-electron chi connectivity index (χ4n) is 2.96. The second kappa shape index (κ2) is 8.18. The maximum atomic E-state index is 10.6. The first kappa shape index (κ1) is 20.8. The van der Waals surface area contributed by atoms with E-state index in [4.69, 9.17) is 14.9 Å². The maximum absolute atomic E-state index is 10.6. The van der Waals surface area contributed by atoms with Gasteiger partial charge in [0.1, 0.15) is 5.01 Å². The van der Waals surface area contributed by atoms with Crippen LogP contribution in [0.3, 0.4) is 0 Å². The number of benzene rings is 1. The summed E-state index contributed by atoms with van der Waals surface area (Å²) < 4.78 is 33.0. The highest BCUT2D eigenvalue weighted by Gasteiger charge is 2.38. The number of hydrogen-bond donors (Lipinski definition) is 1. The Morgan fingerprint density at radius 2 is 1.96 bits per heavy atom. The van der Waals surface area contributed by atoms with E-state index in [0.29, 0.717) is 6.04 Å². The Kier molecular flexibility index (Phi) is 6.07. The van der Waals surface area contributed by atoms with Gasteiger partial charge in [-0.15, -0.1) is 22.7 Å². The fourth-order valence-corrected chi connectivity index (χ4v) is 5.15. The number of carbonyl (C=O) groups is 1. The summed E-state index contributed by atoms with van der Waals surface area (Å²) in [6.45, 7) is 6.84. The Balaban J connectivity index is 0.000000279. The number of para-hydroxylation sites is 1. The van der Waals surface area contributed by atoms with Crippen molar-refractivity contribution >= 4 is 38.9 Å². The number of aliphatic carboxylic acids is 1. The summed E-state index contributed by atoms with van der Waals surface area (Å²) in [6.07, 6.45) is -3.93. The van der Waals surface area contributed by atoms with Crippen molar-refractivity contribution in [2.24, 2.45) is 0 Å². The van der Waals surface area contributed by atoms with E-state index in [1.165, 1.54) is 32.3 Å². The van der Waals surface area contributed by atoms with Crippen LogP contribution in [-0.2, 0) is 17.8 Å². The van der Waals surface area contributed by atoms with E-state index < -0.39 is 12.1 Å². The molecule has 0 atom stereocenters. The van der Waals surface area contributed by atoms with Gasteiger partial charge in [-0.3, -0.25) is 4.90 Å². The van der Waals surface area contributed by atoms with Gasteiger partial charge in [0.05, 0.1) is 10.2 Å². The van der Waals surface area contributed by atoms with E-state index >= 15 is 0 Å². The standard InChI is InChI=1S/C17H18N2S2.C2HF3O2/c1-11(2)19-8-7-12-13(10-20-16(12)9-19)17-18-14-5-3-4-6-15(14)21-17;3-2(4,5)1(6)7/h3-6,10-11H,7-9H2,1-2H3;(H,6,7). The molecule has 4 nitrogen and oxygen atoms in total. The van der Waals surface area contributed by atoms with Crippen LogP contribution in [0.4, 0.5) is 13.2 Å². The monoisotopic (exact) mass is 428 g/mol. The second-order valence-corrected chi connectivity index (χ2v) is 8.65. The minimum Gasteiger partial charge on any atom is -0.475 e. The Labute approximate surface area is 168 Å². The third kappa shape index (κ3) is 4.53. The van der Waals surface area contributed by atoms with E-state index in [1.807, 2.05) is 22.7 Å². The minimum absolute atomic E-state index is 0.631. The first-order valence-electron chi connectivity index (χ1n) is 8.66. The molecule has 2 aromatic heterocycles. The molecule has 0 fully saturated rings. The molecule has 1 aliphatic rings. The van der Waals surface area contributed by atoms with Crippen molar-refractivity contribution in [2.45, 2.75) is 39.0 Å². The topological polar surface area (TPSA) is 53.4 Å². The SMILES string of the molecule is CC(C)N1CCc2c(-c3nc4ccccc4s3)csc2C1.O=C(O)C(F)(F)F. The summed E-state index contributed by atoms with van der Waals surface area (Å²) in [5.74, 6) is -2.76. The zero-order valence-electron chi connectivity index (χ0n) is 15.3. The average molecular weight is 429 g/mol. The lowest BCUT2D eigenvalue weighted by Gasteiger charge is -2.30. The number of fused-ring (bicyclic) bond motifs is 2. The van der Waals surface area contributed by atoms with Crippen molar-refractivity contribution in [3.63, 3.8) is 0 Å². The zero-order chi connectivity index (χ0) is 20.5. The molecule has 0 spiro atoms. The molecule has 150 valence electrons. The largest absolute Gasteiger partial charge is 0.490 e. The summed E-state index contributed by atoms with van der Waals surface area (Å²) in [5, 5.41) is 10.6. The van der Waals surface area contributed by atoms with Gasteiger partial charge in [0.15, 0.2) is 0 Å². The lowest BCUT2D eigenvalue weighted by atomic mass is 10.0. The molecule has 0 saturated heterocycles. The minimum atomic E-state index is -5.08. The number of carboxylic acid groups (broad SMARTS) is 1. The van der Waals surface area contributed by atoms with Crippen LogP contribution in [0.15, 0.2) is 29.6 Å². The highest BCUT2D eigenvalue weighted by atomic mass is 32.1. The molecular weight excluding hydrogens is 409 g/mol. The average Bonchev–Trinajstić information content (AvgIpc) is 3.24. The number of rotatable bonds is 2. The highest BCUT2D eigenvalue weighted by molar-refractivity contribution is 7.22. The normalized spacial score (nSPS) is 14.6. The van der Waals surface area contributed by atoms with Gasteiger partial charge in [0, 0.05) is 35.0 Å². The zero-order valence-corrected chi connectivity index (χ0v) is 16.9. The third-order valence-corrected chi connectivity index (χ3v) is 6.56. The molecule has 3 heterocycles. The van der Waals surface area contributed by atoms with Gasteiger partial charge in [-0.1, -0.05) is 12.1 Å². The number of nitrogens with zero attached hydrogens (tertiary/aromatic N) is 2. The Bertz CT molecular complexity index is 946. The van der Waals surface area contributed by atoms with Crippen LogP contribution in [0.25, 0.3) is 20.8 Å². The molecular formula is C19H19F3N2O2S2. The summed E-state index contributed by atoms with van der Waals surface area (Å²) in [5.41, 5.74) is 4.03. The molecule has 1 N–H and O–H groups in total. The summed E-state index contributed by atoms with van der Waals surface area (Å²) in [7, 11) is 0. The molecule has 0 saturated carbocycles. The van der Waals surface area contributed by atoms with E-state index in [2.05, 4.69) is 48.4 Å². The predicted molar refractivity (Wildman–Crippen MR) is 106 cm³/mol. The Morgan fingerprint density at radius 1 is 1.29 bits per heavy atom. The van der Waals surface area contributed by atoms with E-state index in [0.717, 1.165) is 18.5 Å². The predicted octanol–water partition coefficient (Wildman–Crippen LogP) is 5.42. The van der Waals surface area contributed by atoms with Crippen LogP contribution in [0.1, 0.15) is 24.3 Å². The lowest BCUT2D eigenvalue weighted by molar-refractivity contribution is -0.192. The van der Waals surface area contributed by atoms with Gasteiger partial charge < -0.3 is 5.11 Å². The second-order valence-electron chi connectivity index (χ2n) is 6.65. The number of halogens is 3. The summed E-state index contributed by atoms with van der Waals surface area (Å²) in [6, 6.07) is 9.06. The van der Waals surface area contributed by atoms with Gasteiger partial charge in [-0.25, -0.2) is 9.78 Å². The summed E-state index contributed by atoms with van der Waals surface area (Å²) >= 11 is 3.72. The molecule has 0 aliphatic carbocycles. The number of hydrogen-bond acceptors (Lipinski definition) is 5. The number of aromatic nitrogens is 1. The molecule has 4 rings (SSSR count). The van der Waals surface area contributed by atoms with Crippen molar-refractivity contribution in [2.75, 3.05) is 6.54 Å². The molecule has 0 radical (unpaired) electrons. The van der Waals surface area contributed by atoms with Crippen LogP contribution < -0.4 is 0 Å². The molecule has 1 aromatic carbocycles. The first-order chi connectivity index (χ1) is 13.2. The third-order valence-electron chi connectivity index (χ3n) is 4.47.